The quantitative estimate of drug-likeness (QED) is 0.610. The fourth-order valence-corrected chi connectivity index (χ4v) is 6.27. The molecule has 7 heteroatoms. The smallest absolute Gasteiger partial charge is 0.341 e. The van der Waals surface area contributed by atoms with Gasteiger partial charge in [-0.3, -0.25) is 9.59 Å². The first-order valence-electron chi connectivity index (χ1n) is 9.35. The number of hydrogen-bond acceptors (Lipinski definition) is 5. The molecule has 1 fully saturated rings. The number of rotatable bonds is 4. The highest BCUT2D eigenvalue weighted by atomic mass is 32.1. The number of hydrogen-bond donors (Lipinski definition) is 2. The van der Waals surface area contributed by atoms with E-state index in [-0.39, 0.29) is 17.7 Å². The highest BCUT2D eigenvalue weighted by molar-refractivity contribution is 7.17. The number of carbonyl (C=O) groups is 3. The number of fused-ring (bicyclic) bond motifs is 3. The van der Waals surface area contributed by atoms with Crippen LogP contribution in [0, 0.1) is 29.6 Å². The molecule has 144 valence electrons. The number of carboxylic acids is 1. The van der Waals surface area contributed by atoms with E-state index in [0.717, 1.165) is 29.7 Å². The average Bonchev–Trinajstić information content (AvgIpc) is 3.32. The van der Waals surface area contributed by atoms with Crippen LogP contribution in [0.15, 0.2) is 12.2 Å². The number of carboxylic acid groups (broad SMARTS) is 1. The predicted molar refractivity (Wildman–Crippen MR) is 101 cm³/mol. The molecule has 0 aliphatic heterocycles. The van der Waals surface area contributed by atoms with Gasteiger partial charge >= 0.3 is 11.9 Å². The van der Waals surface area contributed by atoms with Gasteiger partial charge < -0.3 is 15.2 Å². The lowest BCUT2D eigenvalue weighted by atomic mass is 9.82. The molecule has 1 saturated carbocycles. The number of nitrogens with one attached hydrogen (secondary N) is 1. The molecule has 0 spiro atoms. The van der Waals surface area contributed by atoms with Crippen molar-refractivity contribution in [3.63, 3.8) is 0 Å². The molecule has 1 aromatic heterocycles. The van der Waals surface area contributed by atoms with Gasteiger partial charge in [0.2, 0.25) is 5.91 Å². The largest absolute Gasteiger partial charge is 0.481 e. The molecule has 0 aromatic carbocycles. The van der Waals surface area contributed by atoms with Crippen molar-refractivity contribution in [2.45, 2.75) is 32.6 Å². The number of thiophene rings is 1. The van der Waals surface area contributed by atoms with Crippen LogP contribution in [-0.4, -0.2) is 30.1 Å². The number of esters is 1. The van der Waals surface area contributed by atoms with Gasteiger partial charge in [-0.15, -0.1) is 11.3 Å². The number of ether oxygens (including phenoxy) is 1. The van der Waals surface area contributed by atoms with Gasteiger partial charge in [-0.1, -0.05) is 19.1 Å². The topological polar surface area (TPSA) is 92.7 Å². The van der Waals surface area contributed by atoms with Gasteiger partial charge in [0.15, 0.2) is 0 Å². The maximum atomic E-state index is 13.0. The Labute approximate surface area is 161 Å². The number of methoxy groups -OCH3 is 1. The van der Waals surface area contributed by atoms with Crippen LogP contribution in [0.25, 0.3) is 0 Å². The maximum Gasteiger partial charge on any atom is 0.341 e. The molecule has 0 radical (unpaired) electrons. The lowest BCUT2D eigenvalue weighted by Gasteiger charge is -2.23. The summed E-state index contributed by atoms with van der Waals surface area (Å²) < 4.78 is 4.96. The van der Waals surface area contributed by atoms with Crippen molar-refractivity contribution in [3.8, 4) is 0 Å². The molecule has 0 unspecified atom stereocenters. The lowest BCUT2D eigenvalue weighted by Crippen LogP contribution is -2.36. The number of aliphatic carboxylic acids is 1. The van der Waals surface area contributed by atoms with E-state index in [2.05, 4.69) is 12.2 Å². The molecule has 4 rings (SSSR count). The number of carbonyl (C=O) groups excluding carboxylic acids is 2. The predicted octanol–water partition coefficient (Wildman–Crippen LogP) is 3.12. The second kappa shape index (κ2) is 6.78. The summed E-state index contributed by atoms with van der Waals surface area (Å²) in [4.78, 5) is 38.2. The van der Waals surface area contributed by atoms with E-state index in [9.17, 15) is 19.5 Å². The van der Waals surface area contributed by atoms with Crippen molar-refractivity contribution < 1.29 is 24.2 Å². The van der Waals surface area contributed by atoms with Gasteiger partial charge in [-0.25, -0.2) is 4.79 Å². The first-order chi connectivity index (χ1) is 12.9. The minimum absolute atomic E-state index is 0.0488. The van der Waals surface area contributed by atoms with Crippen molar-refractivity contribution in [1.82, 2.24) is 0 Å². The van der Waals surface area contributed by atoms with E-state index in [4.69, 9.17) is 4.74 Å². The van der Waals surface area contributed by atoms with Gasteiger partial charge in [0.05, 0.1) is 24.5 Å². The zero-order valence-electron chi connectivity index (χ0n) is 15.4. The molecular formula is C20H23NO5S. The van der Waals surface area contributed by atoms with Crippen LogP contribution in [0.1, 0.15) is 40.6 Å². The summed E-state index contributed by atoms with van der Waals surface area (Å²) in [5.74, 6) is -2.57. The summed E-state index contributed by atoms with van der Waals surface area (Å²) in [5.41, 5.74) is 1.42. The van der Waals surface area contributed by atoms with Crippen LogP contribution in [0.4, 0.5) is 5.00 Å². The monoisotopic (exact) mass is 389 g/mol. The van der Waals surface area contributed by atoms with E-state index < -0.39 is 23.8 Å². The lowest BCUT2D eigenvalue weighted by molar-refractivity contribution is -0.146. The molecule has 2 N–H and O–H groups in total. The Balaban J connectivity index is 1.64. The molecule has 2 bridgehead atoms. The van der Waals surface area contributed by atoms with Crippen LogP contribution in [-0.2, 0) is 27.2 Å². The number of anilines is 1. The molecule has 1 aromatic rings. The minimum atomic E-state index is -0.931. The molecule has 1 amide bonds. The zero-order chi connectivity index (χ0) is 19.3. The van der Waals surface area contributed by atoms with E-state index in [1.54, 1.807) is 0 Å². The summed E-state index contributed by atoms with van der Waals surface area (Å²) in [6.07, 6.45) is 7.25. The molecule has 0 saturated heterocycles. The van der Waals surface area contributed by atoms with Crippen LogP contribution in [0.5, 0.6) is 0 Å². The van der Waals surface area contributed by atoms with E-state index in [1.165, 1.54) is 18.4 Å². The van der Waals surface area contributed by atoms with Gasteiger partial charge in [0.1, 0.15) is 5.00 Å². The molecular weight excluding hydrogens is 366 g/mol. The molecule has 5 atom stereocenters. The third-order valence-corrected chi connectivity index (χ3v) is 7.35. The highest BCUT2D eigenvalue weighted by Gasteiger charge is 2.51. The van der Waals surface area contributed by atoms with Crippen LogP contribution in [0.2, 0.25) is 0 Å². The Kier molecular flexibility index (Phi) is 4.58. The molecule has 6 nitrogen and oxygen atoms in total. The molecule has 3 aliphatic carbocycles. The third-order valence-electron chi connectivity index (χ3n) is 6.19. The van der Waals surface area contributed by atoms with E-state index in [1.807, 2.05) is 12.2 Å². The first kappa shape index (κ1) is 18.2. The Morgan fingerprint density at radius 2 is 1.93 bits per heavy atom. The van der Waals surface area contributed by atoms with E-state index in [0.29, 0.717) is 22.9 Å². The standard InChI is InChI=1S/C20H23NO5S/c1-9-3-6-12-13(7-9)27-18(16(12)20(25)26-2)21-17(22)14-10-4-5-11(8-10)15(14)19(23)24/h4-5,9-11,14-15H,3,6-8H2,1-2H3,(H,21,22)(H,23,24)/t9-,10-,11+,14+,15+/m1/s1. The second-order valence-corrected chi connectivity index (χ2v) is 8.98. The minimum Gasteiger partial charge on any atom is -0.481 e. The Morgan fingerprint density at radius 3 is 2.59 bits per heavy atom. The molecule has 3 aliphatic rings. The summed E-state index contributed by atoms with van der Waals surface area (Å²) >= 11 is 1.43. The SMILES string of the molecule is COC(=O)c1c(NC(=O)[C@@H]2[C@@H](C(=O)O)[C@H]3C=C[C@@H]2C3)sc2c1CC[C@@H](C)C2. The highest BCUT2D eigenvalue weighted by Crippen LogP contribution is 2.49. The van der Waals surface area contributed by atoms with Gasteiger partial charge in [-0.05, 0) is 49.0 Å². The summed E-state index contributed by atoms with van der Waals surface area (Å²) in [5, 5.41) is 13.0. The van der Waals surface area contributed by atoms with Crippen molar-refractivity contribution in [2.24, 2.45) is 29.6 Å². The molecule has 27 heavy (non-hydrogen) atoms. The maximum absolute atomic E-state index is 13.0. The van der Waals surface area contributed by atoms with Gasteiger partial charge in [0.25, 0.3) is 0 Å². The van der Waals surface area contributed by atoms with Crippen LogP contribution in [0.3, 0.4) is 0 Å². The van der Waals surface area contributed by atoms with E-state index >= 15 is 0 Å². The van der Waals surface area contributed by atoms with Crippen molar-refractivity contribution in [1.29, 1.82) is 0 Å². The molecule has 1 heterocycles. The Morgan fingerprint density at radius 1 is 1.22 bits per heavy atom. The van der Waals surface area contributed by atoms with Gasteiger partial charge in [-0.2, -0.15) is 0 Å². The van der Waals surface area contributed by atoms with Crippen LogP contribution < -0.4 is 5.32 Å². The fourth-order valence-electron chi connectivity index (χ4n) is 4.87. The second-order valence-electron chi connectivity index (χ2n) is 7.87. The summed E-state index contributed by atoms with van der Waals surface area (Å²) in [6.45, 7) is 2.18. The summed E-state index contributed by atoms with van der Waals surface area (Å²) in [7, 11) is 1.34. The van der Waals surface area contributed by atoms with Crippen molar-refractivity contribution in [3.05, 3.63) is 28.2 Å². The first-order valence-corrected chi connectivity index (χ1v) is 10.2. The Bertz CT molecular complexity index is 842. The van der Waals surface area contributed by atoms with Gasteiger partial charge in [0, 0.05) is 4.88 Å². The Hall–Kier alpha value is -2.15. The number of allylic oxidation sites excluding steroid dienone is 2. The summed E-state index contributed by atoms with van der Waals surface area (Å²) in [6, 6.07) is 0. The average molecular weight is 389 g/mol. The normalized spacial score (nSPS) is 30.8. The zero-order valence-corrected chi connectivity index (χ0v) is 16.2. The van der Waals surface area contributed by atoms with Crippen LogP contribution >= 0.6 is 11.3 Å². The van der Waals surface area contributed by atoms with Crippen molar-refractivity contribution in [2.75, 3.05) is 12.4 Å². The fraction of sp³-hybridized carbons (Fsp3) is 0.550. The van der Waals surface area contributed by atoms with Crippen molar-refractivity contribution >= 4 is 34.2 Å². The third kappa shape index (κ3) is 2.98. The number of amides is 1.